The number of aryl methyl sites for hydroxylation is 1. The van der Waals surface area contributed by atoms with Crippen LogP contribution in [0.1, 0.15) is 51.3 Å². The van der Waals surface area contributed by atoms with Crippen LogP contribution >= 0.6 is 11.8 Å². The van der Waals surface area contributed by atoms with Crippen LogP contribution in [0.2, 0.25) is 0 Å². The number of allylic oxidation sites excluding steroid dienone is 1. The number of halogens is 3. The summed E-state index contributed by atoms with van der Waals surface area (Å²) in [6.45, 7) is 10.1. The molecule has 0 amide bonds. The third-order valence-electron chi connectivity index (χ3n) is 8.65. The molecule has 0 bridgehead atoms. The Morgan fingerprint density at radius 2 is 1.36 bits per heavy atom. The Hall–Kier alpha value is -4.55. The van der Waals surface area contributed by atoms with Crippen molar-refractivity contribution in [2.45, 2.75) is 57.6 Å². The highest BCUT2D eigenvalue weighted by atomic mass is 32.2. The molecule has 2 N–H and O–H groups in total. The van der Waals surface area contributed by atoms with Crippen molar-refractivity contribution in [3.05, 3.63) is 114 Å². The summed E-state index contributed by atoms with van der Waals surface area (Å²) < 4.78 is 74.1. The fourth-order valence-electron chi connectivity index (χ4n) is 6.35. The van der Waals surface area contributed by atoms with Crippen LogP contribution in [0.25, 0.3) is 22.3 Å². The summed E-state index contributed by atoms with van der Waals surface area (Å²) in [5.41, 5.74) is 3.70. The Balaban J connectivity index is 0.000000224. The van der Waals surface area contributed by atoms with Gasteiger partial charge < -0.3 is 24.3 Å². The number of alkyl halides is 3. The van der Waals surface area contributed by atoms with Crippen molar-refractivity contribution in [2.24, 2.45) is 0 Å². The van der Waals surface area contributed by atoms with Crippen molar-refractivity contribution in [1.82, 2.24) is 0 Å². The number of thioether (sulfide) groups is 1. The zero-order chi connectivity index (χ0) is 38.6. The molecule has 0 saturated heterocycles. The van der Waals surface area contributed by atoms with Gasteiger partial charge in [0, 0.05) is 33.8 Å². The third kappa shape index (κ3) is 9.91. The summed E-state index contributed by atoms with van der Waals surface area (Å²) in [4.78, 5) is 0. The van der Waals surface area contributed by atoms with Gasteiger partial charge in [-0.15, -0.1) is 0 Å². The Morgan fingerprint density at radius 3 is 2.02 bits per heavy atom. The molecule has 282 valence electrons. The fraction of sp³-hybridized carbons (Fsp3) is 0.317. The van der Waals surface area contributed by atoms with Crippen molar-refractivity contribution in [3.8, 4) is 28.4 Å². The van der Waals surface area contributed by atoms with Crippen molar-refractivity contribution < 1.29 is 35.2 Å². The van der Waals surface area contributed by atoms with Crippen LogP contribution in [0, 0.1) is 0 Å². The van der Waals surface area contributed by atoms with E-state index in [1.54, 1.807) is 21.1 Å². The van der Waals surface area contributed by atoms with Gasteiger partial charge in [0.1, 0.15) is 17.2 Å². The monoisotopic (exact) mass is 766 g/mol. The number of fused-ring (bicyclic) bond motifs is 2. The molecule has 0 radical (unpaired) electrons. The number of hydrogen-bond acceptors (Lipinski definition) is 8. The number of methoxy groups -OCH3 is 2. The highest BCUT2D eigenvalue weighted by Gasteiger charge is 2.48. The lowest BCUT2D eigenvalue weighted by Crippen LogP contribution is -2.32. The lowest BCUT2D eigenvalue weighted by atomic mass is 9.89. The lowest BCUT2D eigenvalue weighted by molar-refractivity contribution is -0.0500. The maximum atomic E-state index is 12.3. The van der Waals surface area contributed by atoms with Gasteiger partial charge >= 0.3 is 15.6 Å². The number of anilines is 2. The third-order valence-corrected chi connectivity index (χ3v) is 10.6. The second-order valence-corrected chi connectivity index (χ2v) is 16.6. The molecule has 53 heavy (non-hydrogen) atoms. The average Bonchev–Trinajstić information content (AvgIpc) is 3.09. The number of nitrogens with one attached hydrogen (secondary N) is 2. The van der Waals surface area contributed by atoms with Gasteiger partial charge in [-0.05, 0) is 118 Å². The van der Waals surface area contributed by atoms with Crippen molar-refractivity contribution >= 4 is 44.4 Å². The van der Waals surface area contributed by atoms with E-state index < -0.39 is 15.6 Å². The van der Waals surface area contributed by atoms with E-state index in [1.807, 2.05) is 49.9 Å². The summed E-state index contributed by atoms with van der Waals surface area (Å²) in [6, 6.07) is 27.2. The highest BCUT2D eigenvalue weighted by molar-refractivity contribution is 7.99. The predicted octanol–water partition coefficient (Wildman–Crippen LogP) is 10.5. The lowest BCUT2D eigenvalue weighted by Gasteiger charge is -2.32. The quantitative estimate of drug-likeness (QED) is 0.0938. The number of hydrogen-bond donors (Lipinski definition) is 2. The van der Waals surface area contributed by atoms with Gasteiger partial charge in [-0.1, -0.05) is 48.6 Å². The molecule has 0 aromatic heterocycles. The molecule has 7 nitrogen and oxygen atoms in total. The van der Waals surface area contributed by atoms with Crippen LogP contribution in [-0.4, -0.2) is 50.7 Å². The summed E-state index contributed by atoms with van der Waals surface area (Å²) >= 11 is 1.99. The molecule has 0 saturated carbocycles. The molecule has 2 heterocycles. The molecule has 0 atom stereocenters. The van der Waals surface area contributed by atoms with E-state index in [4.69, 9.17) is 9.47 Å². The topological polar surface area (TPSA) is 85.9 Å². The maximum absolute atomic E-state index is 12.3. The van der Waals surface area contributed by atoms with Crippen molar-refractivity contribution in [3.63, 3.8) is 0 Å². The zero-order valence-electron chi connectivity index (χ0n) is 30.9. The summed E-state index contributed by atoms with van der Waals surface area (Å²) in [5.74, 6) is 3.39. The minimum Gasteiger partial charge on any atom is -0.497 e. The first-order valence-corrected chi connectivity index (χ1v) is 19.6. The second-order valence-electron chi connectivity index (χ2n) is 14.0. The second kappa shape index (κ2) is 15.8. The number of rotatable bonds is 10. The maximum Gasteiger partial charge on any atom is 0.534 e. The van der Waals surface area contributed by atoms with Gasteiger partial charge in [0.25, 0.3) is 0 Å². The van der Waals surface area contributed by atoms with Crippen LogP contribution in [0.3, 0.4) is 0 Å². The zero-order valence-corrected chi connectivity index (χ0v) is 32.5. The van der Waals surface area contributed by atoms with Gasteiger partial charge in [0.05, 0.1) is 25.3 Å². The van der Waals surface area contributed by atoms with E-state index in [0.717, 1.165) is 46.1 Å². The Labute approximate surface area is 314 Å². The normalized spacial score (nSPS) is 15.5. The smallest absolute Gasteiger partial charge is 0.497 e. The Kier molecular flexibility index (Phi) is 11.8. The molecule has 0 unspecified atom stereocenters. The summed E-state index contributed by atoms with van der Waals surface area (Å²) in [5, 5.41) is 6.85. The SMILES string of the molecule is CC1=CC(C)(C)Nc2ccc(OS(=O)(=O)C(F)(F)F)cc21.COc1ccc(OC)c(-c2ccc3c(c2)C(CSCCc2ccccc2)=CC(C)(C)N3)c1. The minimum atomic E-state index is -5.66. The first-order chi connectivity index (χ1) is 24.9. The highest BCUT2D eigenvalue weighted by Crippen LogP contribution is 2.41. The summed E-state index contributed by atoms with van der Waals surface area (Å²) in [7, 11) is -2.25. The van der Waals surface area contributed by atoms with E-state index in [0.29, 0.717) is 11.3 Å². The molecular weight excluding hydrogens is 722 g/mol. The van der Waals surface area contributed by atoms with E-state index in [1.165, 1.54) is 40.6 Å². The Bertz CT molecular complexity index is 2110. The van der Waals surface area contributed by atoms with E-state index >= 15 is 0 Å². The summed E-state index contributed by atoms with van der Waals surface area (Å²) in [6.07, 6.45) is 5.36. The van der Waals surface area contributed by atoms with Gasteiger partial charge in [-0.2, -0.15) is 33.4 Å². The van der Waals surface area contributed by atoms with Crippen LogP contribution in [-0.2, 0) is 16.5 Å². The molecule has 4 aromatic rings. The molecule has 0 fully saturated rings. The average molecular weight is 767 g/mol. The van der Waals surface area contributed by atoms with Gasteiger partial charge in [-0.25, -0.2) is 0 Å². The molecule has 12 heteroatoms. The predicted molar refractivity (Wildman–Crippen MR) is 212 cm³/mol. The Morgan fingerprint density at radius 1 is 0.736 bits per heavy atom. The van der Waals surface area contributed by atoms with E-state index in [2.05, 4.69) is 83.3 Å². The van der Waals surface area contributed by atoms with Crippen molar-refractivity contribution in [2.75, 3.05) is 36.4 Å². The first kappa shape index (κ1) is 39.7. The van der Waals surface area contributed by atoms with E-state index in [9.17, 15) is 21.6 Å². The largest absolute Gasteiger partial charge is 0.534 e. The number of ether oxygens (including phenoxy) is 2. The van der Waals surface area contributed by atoms with Crippen LogP contribution in [0.4, 0.5) is 24.5 Å². The van der Waals surface area contributed by atoms with Crippen LogP contribution in [0.15, 0.2) is 97.1 Å². The number of benzene rings is 4. The minimum absolute atomic E-state index is 0.0719. The molecule has 4 aromatic carbocycles. The van der Waals surface area contributed by atoms with Gasteiger partial charge in [-0.3, -0.25) is 0 Å². The molecule has 2 aliphatic heterocycles. The molecule has 0 spiro atoms. The fourth-order valence-corrected chi connectivity index (χ4v) is 7.78. The van der Waals surface area contributed by atoms with Gasteiger partial charge in [0.2, 0.25) is 0 Å². The first-order valence-electron chi connectivity index (χ1n) is 17.0. The molecular formula is C41H45F3N2O5S2. The molecule has 2 aliphatic rings. The molecule has 0 aliphatic carbocycles. The van der Waals surface area contributed by atoms with E-state index in [-0.39, 0.29) is 16.8 Å². The van der Waals surface area contributed by atoms with Crippen LogP contribution in [0.5, 0.6) is 17.2 Å². The van der Waals surface area contributed by atoms with Crippen molar-refractivity contribution in [1.29, 1.82) is 0 Å². The van der Waals surface area contributed by atoms with Gasteiger partial charge in [0.15, 0.2) is 0 Å². The molecule has 6 rings (SSSR count). The van der Waals surface area contributed by atoms with Crippen LogP contribution < -0.4 is 24.3 Å². The standard InChI is InChI=1S/C28H31NO2S.C13H14F3NO3S/c1-28(2)18-22(19-32-15-14-20-8-6-5-7-9-20)24-16-21(10-12-26(24)29-28)25-17-23(30-3)11-13-27(25)31-4;1-8-7-12(2,3)17-11-5-4-9(6-10(8)11)20-21(18,19)13(14,15)16/h5-13,16-18,29H,14-15,19H2,1-4H3;4-7,17H,1-3H3.